The summed E-state index contributed by atoms with van der Waals surface area (Å²) in [6.45, 7) is 8.23. The van der Waals surface area contributed by atoms with Gasteiger partial charge in [-0.2, -0.15) is 0 Å². The smallest absolute Gasteiger partial charge is 0.0143 e. The molecule has 2 aliphatic rings. The molecule has 3 unspecified atom stereocenters. The van der Waals surface area contributed by atoms with E-state index in [0.717, 1.165) is 12.0 Å². The summed E-state index contributed by atoms with van der Waals surface area (Å²) in [5.41, 5.74) is 6.59. The molecule has 0 aromatic carbocycles. The van der Waals surface area contributed by atoms with Crippen molar-refractivity contribution in [3.63, 3.8) is 0 Å². The van der Waals surface area contributed by atoms with Crippen LogP contribution in [0.1, 0.15) is 52.9 Å². The second-order valence-corrected chi connectivity index (χ2v) is 6.33. The van der Waals surface area contributed by atoms with E-state index in [-0.39, 0.29) is 0 Å². The molecule has 0 radical (unpaired) electrons. The van der Waals surface area contributed by atoms with Gasteiger partial charge >= 0.3 is 0 Å². The predicted molar refractivity (Wildman–Crippen MR) is 64.8 cm³/mol. The highest BCUT2D eigenvalue weighted by Crippen LogP contribution is 2.37. The SMILES string of the molecule is CC(C)(C)N1CCC(N)C2CCCCC21. The molecule has 0 spiro atoms. The zero-order valence-electron chi connectivity index (χ0n) is 10.5. The van der Waals surface area contributed by atoms with E-state index in [1.54, 1.807) is 0 Å². The van der Waals surface area contributed by atoms with Gasteiger partial charge in [0.15, 0.2) is 0 Å². The van der Waals surface area contributed by atoms with Crippen LogP contribution < -0.4 is 5.73 Å². The predicted octanol–water partition coefficient (Wildman–Crippen LogP) is 2.38. The summed E-state index contributed by atoms with van der Waals surface area (Å²) < 4.78 is 0. The number of hydrogen-bond donors (Lipinski definition) is 1. The minimum absolute atomic E-state index is 0.320. The Hall–Kier alpha value is -0.0800. The quantitative estimate of drug-likeness (QED) is 0.665. The molecule has 0 aromatic rings. The van der Waals surface area contributed by atoms with E-state index in [2.05, 4.69) is 25.7 Å². The van der Waals surface area contributed by atoms with Crippen LogP contribution in [-0.4, -0.2) is 29.1 Å². The summed E-state index contributed by atoms with van der Waals surface area (Å²) in [6.07, 6.45) is 6.72. The molecule has 0 bridgehead atoms. The molecule has 15 heavy (non-hydrogen) atoms. The van der Waals surface area contributed by atoms with Gasteiger partial charge in [0.25, 0.3) is 0 Å². The number of nitrogens with two attached hydrogens (primary N) is 1. The molecular weight excluding hydrogens is 184 g/mol. The van der Waals surface area contributed by atoms with Crippen LogP contribution in [0.25, 0.3) is 0 Å². The topological polar surface area (TPSA) is 29.3 Å². The number of nitrogens with zero attached hydrogens (tertiary/aromatic N) is 1. The number of rotatable bonds is 0. The Balaban J connectivity index is 2.14. The minimum Gasteiger partial charge on any atom is -0.327 e. The lowest BCUT2D eigenvalue weighted by atomic mass is 9.74. The number of likely N-dealkylation sites (tertiary alicyclic amines) is 1. The number of hydrogen-bond acceptors (Lipinski definition) is 2. The molecule has 88 valence electrons. The van der Waals surface area contributed by atoms with Crippen LogP contribution in [0.3, 0.4) is 0 Å². The fraction of sp³-hybridized carbons (Fsp3) is 1.00. The summed E-state index contributed by atoms with van der Waals surface area (Å²) in [6, 6.07) is 1.23. The molecule has 3 atom stereocenters. The normalized spacial score (nSPS) is 38.8. The van der Waals surface area contributed by atoms with Gasteiger partial charge in [-0.25, -0.2) is 0 Å². The van der Waals surface area contributed by atoms with Gasteiger partial charge in [-0.1, -0.05) is 12.8 Å². The molecule has 2 N–H and O–H groups in total. The van der Waals surface area contributed by atoms with Crippen molar-refractivity contribution in [2.75, 3.05) is 6.54 Å². The lowest BCUT2D eigenvalue weighted by Crippen LogP contribution is -2.60. The Morgan fingerprint density at radius 2 is 1.73 bits per heavy atom. The van der Waals surface area contributed by atoms with Crippen molar-refractivity contribution < 1.29 is 0 Å². The maximum Gasteiger partial charge on any atom is 0.0143 e. The molecule has 1 aliphatic heterocycles. The van der Waals surface area contributed by atoms with E-state index in [1.807, 2.05) is 0 Å². The Bertz CT molecular complexity index is 219. The molecule has 0 aromatic heterocycles. The van der Waals surface area contributed by atoms with Crippen LogP contribution in [0.2, 0.25) is 0 Å². The van der Waals surface area contributed by atoms with Gasteiger partial charge < -0.3 is 5.73 Å². The first kappa shape index (κ1) is 11.4. The molecule has 2 fully saturated rings. The monoisotopic (exact) mass is 210 g/mol. The third kappa shape index (κ3) is 2.21. The van der Waals surface area contributed by atoms with E-state index >= 15 is 0 Å². The van der Waals surface area contributed by atoms with Crippen molar-refractivity contribution in [2.45, 2.75) is 70.5 Å². The second-order valence-electron chi connectivity index (χ2n) is 6.33. The summed E-state index contributed by atoms with van der Waals surface area (Å²) in [4.78, 5) is 2.71. The number of piperidine rings is 1. The lowest BCUT2D eigenvalue weighted by molar-refractivity contribution is -0.0139. The maximum absolute atomic E-state index is 6.27. The highest BCUT2D eigenvalue weighted by atomic mass is 15.2. The van der Waals surface area contributed by atoms with Gasteiger partial charge in [0.2, 0.25) is 0 Å². The van der Waals surface area contributed by atoms with E-state index in [0.29, 0.717) is 11.6 Å². The van der Waals surface area contributed by atoms with E-state index in [4.69, 9.17) is 5.73 Å². The third-order valence-electron chi connectivity index (χ3n) is 4.30. The van der Waals surface area contributed by atoms with E-state index in [9.17, 15) is 0 Å². The Labute approximate surface area is 94.2 Å². The van der Waals surface area contributed by atoms with Crippen molar-refractivity contribution in [3.8, 4) is 0 Å². The Morgan fingerprint density at radius 1 is 1.07 bits per heavy atom. The largest absolute Gasteiger partial charge is 0.327 e. The zero-order chi connectivity index (χ0) is 11.1. The van der Waals surface area contributed by atoms with Gasteiger partial charge in [-0.3, -0.25) is 4.90 Å². The average Bonchev–Trinajstić information content (AvgIpc) is 2.17. The first-order chi connectivity index (χ1) is 7.00. The van der Waals surface area contributed by atoms with Gasteiger partial charge in [-0.05, 0) is 46.0 Å². The van der Waals surface area contributed by atoms with Crippen LogP contribution in [0.4, 0.5) is 0 Å². The van der Waals surface area contributed by atoms with Crippen LogP contribution in [0.15, 0.2) is 0 Å². The molecule has 1 saturated heterocycles. The van der Waals surface area contributed by atoms with Gasteiger partial charge in [0.05, 0.1) is 0 Å². The average molecular weight is 210 g/mol. The van der Waals surface area contributed by atoms with Gasteiger partial charge in [0, 0.05) is 24.2 Å². The number of fused-ring (bicyclic) bond motifs is 1. The van der Waals surface area contributed by atoms with Crippen molar-refractivity contribution >= 4 is 0 Å². The summed E-state index contributed by atoms with van der Waals surface area (Å²) in [5, 5.41) is 0. The first-order valence-electron chi connectivity index (χ1n) is 6.52. The molecule has 2 heteroatoms. The van der Waals surface area contributed by atoms with Crippen LogP contribution in [0.5, 0.6) is 0 Å². The highest BCUT2D eigenvalue weighted by molar-refractivity contribution is 4.97. The van der Waals surface area contributed by atoms with Crippen molar-refractivity contribution in [1.29, 1.82) is 0 Å². The Morgan fingerprint density at radius 3 is 2.40 bits per heavy atom. The summed E-state index contributed by atoms with van der Waals surface area (Å²) >= 11 is 0. The molecule has 1 heterocycles. The van der Waals surface area contributed by atoms with E-state index < -0.39 is 0 Å². The standard InChI is InChI=1S/C13H26N2/c1-13(2,3)15-9-8-11(14)10-6-4-5-7-12(10)15/h10-12H,4-9,14H2,1-3H3. The fourth-order valence-corrected chi connectivity index (χ4v) is 3.53. The fourth-order valence-electron chi connectivity index (χ4n) is 3.53. The van der Waals surface area contributed by atoms with Crippen molar-refractivity contribution in [2.24, 2.45) is 11.7 Å². The summed E-state index contributed by atoms with van der Waals surface area (Å²) in [5.74, 6) is 0.770. The lowest BCUT2D eigenvalue weighted by Gasteiger charge is -2.52. The van der Waals surface area contributed by atoms with E-state index in [1.165, 1.54) is 38.6 Å². The first-order valence-corrected chi connectivity index (χ1v) is 6.52. The molecule has 0 amide bonds. The zero-order valence-corrected chi connectivity index (χ0v) is 10.5. The van der Waals surface area contributed by atoms with Crippen LogP contribution >= 0.6 is 0 Å². The summed E-state index contributed by atoms with van der Waals surface area (Å²) in [7, 11) is 0. The Kier molecular flexibility index (Phi) is 3.09. The van der Waals surface area contributed by atoms with Crippen molar-refractivity contribution in [3.05, 3.63) is 0 Å². The minimum atomic E-state index is 0.320. The maximum atomic E-state index is 6.27. The second kappa shape index (κ2) is 4.06. The highest BCUT2D eigenvalue weighted by Gasteiger charge is 2.41. The van der Waals surface area contributed by atoms with Crippen LogP contribution in [0, 0.1) is 5.92 Å². The molecule has 1 aliphatic carbocycles. The third-order valence-corrected chi connectivity index (χ3v) is 4.30. The van der Waals surface area contributed by atoms with Crippen molar-refractivity contribution in [1.82, 2.24) is 4.90 Å². The molecule has 2 rings (SSSR count). The molecular formula is C13H26N2. The van der Waals surface area contributed by atoms with Crippen LogP contribution in [-0.2, 0) is 0 Å². The van der Waals surface area contributed by atoms with Gasteiger partial charge in [0.1, 0.15) is 0 Å². The molecule has 2 nitrogen and oxygen atoms in total. The van der Waals surface area contributed by atoms with Gasteiger partial charge in [-0.15, -0.1) is 0 Å². The molecule has 1 saturated carbocycles.